The van der Waals surface area contributed by atoms with Gasteiger partial charge < -0.3 is 19.9 Å². The van der Waals surface area contributed by atoms with Gasteiger partial charge in [0.05, 0.1) is 11.7 Å². The summed E-state index contributed by atoms with van der Waals surface area (Å²) in [6.07, 6.45) is 1.74. The van der Waals surface area contributed by atoms with Gasteiger partial charge in [-0.1, -0.05) is 12.1 Å². The summed E-state index contributed by atoms with van der Waals surface area (Å²) in [5.41, 5.74) is 1.08. The molecule has 0 spiro atoms. The van der Waals surface area contributed by atoms with Gasteiger partial charge >= 0.3 is 5.97 Å². The predicted molar refractivity (Wildman–Crippen MR) is 75.0 cm³/mol. The van der Waals surface area contributed by atoms with Crippen molar-refractivity contribution in [1.29, 1.82) is 0 Å². The van der Waals surface area contributed by atoms with Gasteiger partial charge in [-0.2, -0.15) is 0 Å². The number of carboxylic acids is 1. The van der Waals surface area contributed by atoms with E-state index in [1.807, 2.05) is 0 Å². The Kier molecular flexibility index (Phi) is 5.71. The number of carbonyl (C=O) groups excluding carboxylic acids is 1. The monoisotopic (exact) mass is 293 g/mol. The molecule has 1 aliphatic heterocycles. The van der Waals surface area contributed by atoms with Gasteiger partial charge in [0.1, 0.15) is 6.61 Å². The van der Waals surface area contributed by atoms with Gasteiger partial charge in [0.15, 0.2) is 0 Å². The van der Waals surface area contributed by atoms with Crippen molar-refractivity contribution in [3.63, 3.8) is 0 Å². The highest BCUT2D eigenvalue weighted by molar-refractivity contribution is 5.87. The Bertz CT molecular complexity index is 479. The molecule has 114 valence electrons. The Morgan fingerprint density at radius 1 is 1.24 bits per heavy atom. The van der Waals surface area contributed by atoms with Crippen LogP contribution in [0.15, 0.2) is 24.3 Å². The van der Waals surface area contributed by atoms with E-state index in [1.54, 1.807) is 12.1 Å². The van der Waals surface area contributed by atoms with Crippen molar-refractivity contribution >= 4 is 11.9 Å². The van der Waals surface area contributed by atoms with Crippen LogP contribution in [0.2, 0.25) is 0 Å². The highest BCUT2D eigenvalue weighted by Gasteiger charge is 2.15. The number of benzene rings is 1. The molecule has 0 bridgehead atoms. The van der Waals surface area contributed by atoms with Gasteiger partial charge in [-0.05, 0) is 30.5 Å². The van der Waals surface area contributed by atoms with Crippen LogP contribution >= 0.6 is 0 Å². The van der Waals surface area contributed by atoms with Gasteiger partial charge in [-0.25, -0.2) is 4.79 Å². The number of rotatable bonds is 6. The summed E-state index contributed by atoms with van der Waals surface area (Å²) in [7, 11) is 0. The number of carbonyl (C=O) groups is 2. The van der Waals surface area contributed by atoms with Gasteiger partial charge in [-0.3, -0.25) is 4.79 Å². The standard InChI is InChI=1S/C15H19NO5/c17-14(10-21-13-5-7-20-8-6-13)16-9-11-1-3-12(4-2-11)15(18)19/h1-4,13H,5-10H2,(H,16,17)(H,18,19). The Hall–Kier alpha value is -1.92. The normalized spacial score (nSPS) is 15.6. The fourth-order valence-electron chi connectivity index (χ4n) is 2.05. The highest BCUT2D eigenvalue weighted by atomic mass is 16.5. The van der Waals surface area contributed by atoms with E-state index >= 15 is 0 Å². The summed E-state index contributed by atoms with van der Waals surface area (Å²) in [5.74, 6) is -1.14. The first-order chi connectivity index (χ1) is 10.1. The second-order valence-electron chi connectivity index (χ2n) is 4.90. The molecule has 0 saturated carbocycles. The first-order valence-electron chi connectivity index (χ1n) is 6.93. The zero-order chi connectivity index (χ0) is 15.1. The van der Waals surface area contributed by atoms with E-state index in [2.05, 4.69) is 5.32 Å². The minimum Gasteiger partial charge on any atom is -0.478 e. The molecule has 0 aromatic heterocycles. The molecule has 21 heavy (non-hydrogen) atoms. The minimum absolute atomic E-state index is 0.0396. The van der Waals surface area contributed by atoms with E-state index in [9.17, 15) is 9.59 Å². The van der Waals surface area contributed by atoms with Crippen molar-refractivity contribution in [2.24, 2.45) is 0 Å². The Morgan fingerprint density at radius 3 is 2.52 bits per heavy atom. The SMILES string of the molecule is O=C(COC1CCOCC1)NCc1ccc(C(=O)O)cc1. The summed E-state index contributed by atoms with van der Waals surface area (Å²) in [6.45, 7) is 1.76. The molecule has 2 rings (SSSR count). The topological polar surface area (TPSA) is 84.9 Å². The lowest BCUT2D eigenvalue weighted by Crippen LogP contribution is -2.31. The van der Waals surface area contributed by atoms with Crippen molar-refractivity contribution in [3.8, 4) is 0 Å². The molecule has 1 aromatic carbocycles. The van der Waals surface area contributed by atoms with E-state index in [0.29, 0.717) is 19.8 Å². The van der Waals surface area contributed by atoms with Crippen molar-refractivity contribution in [2.75, 3.05) is 19.8 Å². The highest BCUT2D eigenvalue weighted by Crippen LogP contribution is 2.10. The number of hydrogen-bond acceptors (Lipinski definition) is 4. The average molecular weight is 293 g/mol. The van der Waals surface area contributed by atoms with Crippen LogP contribution < -0.4 is 5.32 Å². The number of nitrogens with one attached hydrogen (secondary N) is 1. The van der Waals surface area contributed by atoms with Gasteiger partial charge in [0.25, 0.3) is 0 Å². The number of aromatic carboxylic acids is 1. The van der Waals surface area contributed by atoms with Crippen molar-refractivity contribution < 1.29 is 24.2 Å². The van der Waals surface area contributed by atoms with Gasteiger partial charge in [-0.15, -0.1) is 0 Å². The molecule has 1 heterocycles. The average Bonchev–Trinajstić information content (AvgIpc) is 2.52. The van der Waals surface area contributed by atoms with E-state index in [-0.39, 0.29) is 24.2 Å². The molecule has 2 N–H and O–H groups in total. The Balaban J connectivity index is 1.69. The van der Waals surface area contributed by atoms with Crippen LogP contribution in [0.25, 0.3) is 0 Å². The van der Waals surface area contributed by atoms with Crippen molar-refractivity contribution in [1.82, 2.24) is 5.32 Å². The second-order valence-corrected chi connectivity index (χ2v) is 4.90. The fourth-order valence-corrected chi connectivity index (χ4v) is 2.05. The van der Waals surface area contributed by atoms with Crippen LogP contribution in [0.3, 0.4) is 0 Å². The van der Waals surface area contributed by atoms with Crippen LogP contribution in [0.1, 0.15) is 28.8 Å². The Labute approximate surface area is 123 Å². The van der Waals surface area contributed by atoms with Crippen LogP contribution in [0, 0.1) is 0 Å². The molecule has 1 fully saturated rings. The number of amides is 1. The molecule has 1 amide bonds. The molecular formula is C15H19NO5. The van der Waals surface area contributed by atoms with E-state index in [4.69, 9.17) is 14.6 Å². The smallest absolute Gasteiger partial charge is 0.335 e. The maximum absolute atomic E-state index is 11.7. The molecule has 0 radical (unpaired) electrons. The van der Waals surface area contributed by atoms with E-state index in [1.165, 1.54) is 12.1 Å². The van der Waals surface area contributed by atoms with Gasteiger partial charge in [0, 0.05) is 19.8 Å². The first kappa shape index (κ1) is 15.5. The maximum Gasteiger partial charge on any atom is 0.335 e. The largest absolute Gasteiger partial charge is 0.478 e. The van der Waals surface area contributed by atoms with Crippen molar-refractivity contribution in [3.05, 3.63) is 35.4 Å². The zero-order valence-corrected chi connectivity index (χ0v) is 11.7. The quantitative estimate of drug-likeness (QED) is 0.823. The lowest BCUT2D eigenvalue weighted by molar-refractivity contribution is -0.130. The van der Waals surface area contributed by atoms with E-state index in [0.717, 1.165) is 18.4 Å². The molecule has 1 aliphatic rings. The van der Waals surface area contributed by atoms with E-state index < -0.39 is 5.97 Å². The van der Waals surface area contributed by atoms with Crippen LogP contribution in [0.5, 0.6) is 0 Å². The summed E-state index contributed by atoms with van der Waals surface area (Å²) in [4.78, 5) is 22.4. The molecule has 6 nitrogen and oxygen atoms in total. The number of carboxylic acid groups (broad SMARTS) is 1. The first-order valence-corrected chi connectivity index (χ1v) is 6.93. The molecule has 0 atom stereocenters. The predicted octanol–water partition coefficient (Wildman–Crippen LogP) is 1.20. The van der Waals surface area contributed by atoms with Gasteiger partial charge in [0.2, 0.25) is 5.91 Å². The van der Waals surface area contributed by atoms with Crippen LogP contribution in [-0.4, -0.2) is 42.9 Å². The Morgan fingerprint density at radius 2 is 1.90 bits per heavy atom. The lowest BCUT2D eigenvalue weighted by atomic mass is 10.1. The maximum atomic E-state index is 11.7. The number of hydrogen-bond donors (Lipinski definition) is 2. The number of ether oxygens (including phenoxy) is 2. The summed E-state index contributed by atoms with van der Waals surface area (Å²) in [6, 6.07) is 6.40. The minimum atomic E-state index is -0.963. The fraction of sp³-hybridized carbons (Fsp3) is 0.467. The third-order valence-electron chi connectivity index (χ3n) is 3.31. The molecule has 1 aromatic rings. The molecular weight excluding hydrogens is 274 g/mol. The summed E-state index contributed by atoms with van der Waals surface area (Å²) < 4.78 is 10.7. The summed E-state index contributed by atoms with van der Waals surface area (Å²) >= 11 is 0. The third kappa shape index (κ3) is 5.17. The molecule has 1 saturated heterocycles. The molecule has 0 aliphatic carbocycles. The summed E-state index contributed by atoms with van der Waals surface area (Å²) in [5, 5.41) is 11.5. The van der Waals surface area contributed by atoms with Crippen LogP contribution in [-0.2, 0) is 20.8 Å². The lowest BCUT2D eigenvalue weighted by Gasteiger charge is -2.22. The molecule has 6 heteroatoms. The third-order valence-corrected chi connectivity index (χ3v) is 3.31. The van der Waals surface area contributed by atoms with Crippen LogP contribution in [0.4, 0.5) is 0 Å². The zero-order valence-electron chi connectivity index (χ0n) is 11.7. The second kappa shape index (κ2) is 7.75. The van der Waals surface area contributed by atoms with Crippen molar-refractivity contribution in [2.45, 2.75) is 25.5 Å². The molecule has 0 unspecified atom stereocenters.